The molecule has 25 heavy (non-hydrogen) atoms. The lowest BCUT2D eigenvalue weighted by Gasteiger charge is -2.20. The summed E-state index contributed by atoms with van der Waals surface area (Å²) in [5.74, 6) is -0.907. The molecule has 6 heteroatoms. The molecule has 2 amide bonds. The summed E-state index contributed by atoms with van der Waals surface area (Å²) in [4.78, 5) is 29.1. The molecule has 134 valence electrons. The van der Waals surface area contributed by atoms with Gasteiger partial charge in [0.15, 0.2) is 0 Å². The third-order valence-electron chi connectivity index (χ3n) is 4.57. The van der Waals surface area contributed by atoms with Crippen LogP contribution in [0.3, 0.4) is 0 Å². The third kappa shape index (κ3) is 3.58. The van der Waals surface area contributed by atoms with Crippen LogP contribution in [0.25, 0.3) is 5.57 Å². The first-order valence-corrected chi connectivity index (χ1v) is 8.82. The van der Waals surface area contributed by atoms with E-state index in [1.807, 2.05) is 11.8 Å². The van der Waals surface area contributed by atoms with Crippen molar-refractivity contribution in [1.29, 1.82) is 0 Å². The molecule has 3 rings (SSSR count). The van der Waals surface area contributed by atoms with Crippen LogP contribution in [0.2, 0.25) is 0 Å². The zero-order valence-corrected chi connectivity index (χ0v) is 14.5. The predicted octanol–water partition coefficient (Wildman–Crippen LogP) is 2.43. The molecule has 1 saturated heterocycles. The number of carbonyl (C=O) groups excluding carboxylic acids is 2. The lowest BCUT2D eigenvalue weighted by Crippen LogP contribution is -2.35. The number of nitrogens with zero attached hydrogens (tertiary/aromatic N) is 2. The quantitative estimate of drug-likeness (QED) is 0.562. The number of rotatable bonds is 7. The molecule has 5 nitrogen and oxygen atoms in total. The highest BCUT2D eigenvalue weighted by atomic mass is 19.1. The molecule has 1 aromatic rings. The zero-order valence-electron chi connectivity index (χ0n) is 14.5. The lowest BCUT2D eigenvalue weighted by atomic mass is 10.0. The summed E-state index contributed by atoms with van der Waals surface area (Å²) >= 11 is 0. The van der Waals surface area contributed by atoms with Crippen LogP contribution >= 0.6 is 0 Å². The molecule has 2 aliphatic rings. The van der Waals surface area contributed by atoms with Crippen LogP contribution in [-0.2, 0) is 14.3 Å². The van der Waals surface area contributed by atoms with E-state index in [1.54, 1.807) is 12.1 Å². The monoisotopic (exact) mass is 346 g/mol. The average Bonchev–Trinajstić information content (AvgIpc) is 3.21. The van der Waals surface area contributed by atoms with Crippen LogP contribution in [0.15, 0.2) is 30.0 Å². The van der Waals surface area contributed by atoms with Crippen LogP contribution < -0.4 is 0 Å². The van der Waals surface area contributed by atoms with Crippen LogP contribution in [0.1, 0.15) is 31.7 Å². The van der Waals surface area contributed by atoms with E-state index in [0.29, 0.717) is 43.0 Å². The number of carbonyl (C=O) groups is 2. The van der Waals surface area contributed by atoms with Gasteiger partial charge in [-0.2, -0.15) is 0 Å². The molecular formula is C19H23FN2O3. The van der Waals surface area contributed by atoms with Gasteiger partial charge in [0.25, 0.3) is 11.8 Å². The van der Waals surface area contributed by atoms with Gasteiger partial charge in [0.1, 0.15) is 11.5 Å². The van der Waals surface area contributed by atoms with Crippen LogP contribution in [0, 0.1) is 5.82 Å². The van der Waals surface area contributed by atoms with Gasteiger partial charge in [-0.1, -0.05) is 12.1 Å². The topological polar surface area (TPSA) is 49.9 Å². The van der Waals surface area contributed by atoms with Gasteiger partial charge in [0.05, 0.1) is 5.57 Å². The van der Waals surface area contributed by atoms with Crippen LogP contribution in [-0.4, -0.2) is 54.5 Å². The van der Waals surface area contributed by atoms with E-state index in [-0.39, 0.29) is 17.6 Å². The summed E-state index contributed by atoms with van der Waals surface area (Å²) in [6.45, 7) is 4.90. The van der Waals surface area contributed by atoms with Crippen molar-refractivity contribution in [2.24, 2.45) is 0 Å². The van der Waals surface area contributed by atoms with Crippen molar-refractivity contribution in [3.8, 4) is 0 Å². The molecule has 0 unspecified atom stereocenters. The number of hydrogen-bond donors (Lipinski definition) is 0. The lowest BCUT2D eigenvalue weighted by molar-refractivity contribution is -0.137. The van der Waals surface area contributed by atoms with Crippen molar-refractivity contribution < 1.29 is 18.7 Å². The SMILES string of the molecule is CCOCCCN1C(=O)C(c2ccc(F)cc2)=C(N2CCCC2)C1=O. The maximum Gasteiger partial charge on any atom is 0.277 e. The number of likely N-dealkylation sites (tertiary alicyclic amines) is 1. The number of imide groups is 1. The van der Waals surface area contributed by atoms with E-state index < -0.39 is 0 Å². The number of hydrogen-bond acceptors (Lipinski definition) is 4. The fourth-order valence-corrected chi connectivity index (χ4v) is 3.35. The number of benzene rings is 1. The Morgan fingerprint density at radius 2 is 1.76 bits per heavy atom. The maximum absolute atomic E-state index is 13.3. The van der Waals surface area contributed by atoms with Gasteiger partial charge < -0.3 is 9.64 Å². The molecule has 2 heterocycles. The van der Waals surface area contributed by atoms with Crippen molar-refractivity contribution >= 4 is 17.4 Å². The van der Waals surface area contributed by atoms with E-state index >= 15 is 0 Å². The first kappa shape index (κ1) is 17.6. The fourth-order valence-electron chi connectivity index (χ4n) is 3.35. The first-order chi connectivity index (χ1) is 12.1. The van der Waals surface area contributed by atoms with Crippen molar-refractivity contribution in [2.45, 2.75) is 26.2 Å². The van der Waals surface area contributed by atoms with Crippen LogP contribution in [0.4, 0.5) is 4.39 Å². The predicted molar refractivity (Wildman–Crippen MR) is 92.0 cm³/mol. The number of halogens is 1. The normalized spacial score (nSPS) is 18.0. The van der Waals surface area contributed by atoms with Crippen molar-refractivity contribution in [3.05, 3.63) is 41.3 Å². The third-order valence-corrected chi connectivity index (χ3v) is 4.57. The molecular weight excluding hydrogens is 323 g/mol. The Bertz CT molecular complexity index is 678. The second-order valence-corrected chi connectivity index (χ2v) is 6.24. The summed E-state index contributed by atoms with van der Waals surface area (Å²) in [6, 6.07) is 5.77. The summed E-state index contributed by atoms with van der Waals surface area (Å²) in [7, 11) is 0. The van der Waals surface area contributed by atoms with Crippen molar-refractivity contribution in [1.82, 2.24) is 9.80 Å². The Balaban J connectivity index is 1.89. The molecule has 2 aliphatic heterocycles. The fraction of sp³-hybridized carbons (Fsp3) is 0.474. The number of amides is 2. The Hall–Kier alpha value is -2.21. The Morgan fingerprint density at radius 3 is 2.40 bits per heavy atom. The summed E-state index contributed by atoms with van der Waals surface area (Å²) in [6.07, 6.45) is 2.62. The Morgan fingerprint density at radius 1 is 1.08 bits per heavy atom. The minimum absolute atomic E-state index is 0.247. The molecule has 0 N–H and O–H groups in total. The van der Waals surface area contributed by atoms with Gasteiger partial charge in [-0.3, -0.25) is 14.5 Å². The Kier molecular flexibility index (Phi) is 5.48. The smallest absolute Gasteiger partial charge is 0.277 e. The van der Waals surface area contributed by atoms with Gasteiger partial charge in [0, 0.05) is 32.8 Å². The Labute approximate surface area is 147 Å². The zero-order chi connectivity index (χ0) is 17.8. The maximum atomic E-state index is 13.3. The molecule has 0 aliphatic carbocycles. The van der Waals surface area contributed by atoms with Gasteiger partial charge in [-0.25, -0.2) is 4.39 Å². The molecule has 1 aromatic carbocycles. The van der Waals surface area contributed by atoms with Gasteiger partial charge in [-0.15, -0.1) is 0 Å². The van der Waals surface area contributed by atoms with E-state index in [2.05, 4.69) is 0 Å². The molecule has 0 bridgehead atoms. The summed E-state index contributed by atoms with van der Waals surface area (Å²) in [5, 5.41) is 0. The van der Waals surface area contributed by atoms with Gasteiger partial charge >= 0.3 is 0 Å². The summed E-state index contributed by atoms with van der Waals surface area (Å²) < 4.78 is 18.6. The molecule has 0 saturated carbocycles. The van der Waals surface area contributed by atoms with Gasteiger partial charge in [0.2, 0.25) is 0 Å². The minimum Gasteiger partial charge on any atom is -0.382 e. The van der Waals surface area contributed by atoms with E-state index in [0.717, 1.165) is 25.9 Å². The largest absolute Gasteiger partial charge is 0.382 e. The minimum atomic E-state index is -0.364. The van der Waals surface area contributed by atoms with Crippen molar-refractivity contribution in [2.75, 3.05) is 32.8 Å². The van der Waals surface area contributed by atoms with E-state index in [1.165, 1.54) is 17.0 Å². The highest BCUT2D eigenvalue weighted by Gasteiger charge is 2.41. The molecule has 0 spiro atoms. The van der Waals surface area contributed by atoms with Gasteiger partial charge in [-0.05, 0) is 43.9 Å². The molecule has 0 aromatic heterocycles. The highest BCUT2D eigenvalue weighted by Crippen LogP contribution is 2.33. The first-order valence-electron chi connectivity index (χ1n) is 8.82. The molecule has 0 atom stereocenters. The number of ether oxygens (including phenoxy) is 1. The molecule has 1 fully saturated rings. The highest BCUT2D eigenvalue weighted by molar-refractivity contribution is 6.35. The van der Waals surface area contributed by atoms with Crippen LogP contribution in [0.5, 0.6) is 0 Å². The second-order valence-electron chi connectivity index (χ2n) is 6.24. The van der Waals surface area contributed by atoms with E-state index in [9.17, 15) is 14.0 Å². The summed E-state index contributed by atoms with van der Waals surface area (Å²) in [5.41, 5.74) is 1.45. The second kappa shape index (κ2) is 7.78. The van der Waals surface area contributed by atoms with E-state index in [4.69, 9.17) is 4.74 Å². The standard InChI is InChI=1S/C19H23FN2O3/c1-2-25-13-5-12-22-18(23)16(14-6-8-15(20)9-7-14)17(19(22)24)21-10-3-4-11-21/h6-9H,2-5,10-13H2,1H3. The average molecular weight is 346 g/mol. The van der Waals surface area contributed by atoms with Crippen molar-refractivity contribution in [3.63, 3.8) is 0 Å². The molecule has 0 radical (unpaired) electrons.